The number of carbonyl (C=O) groups is 2. The molecule has 1 aromatic heterocycles. The summed E-state index contributed by atoms with van der Waals surface area (Å²) in [6, 6.07) is 24.2. The van der Waals surface area contributed by atoms with Crippen LogP contribution in [0.2, 0.25) is 0 Å². The Bertz CT molecular complexity index is 1350. The number of amides is 2. The molecular weight excluding hydrogens is 440 g/mol. The van der Waals surface area contributed by atoms with Gasteiger partial charge in [-0.05, 0) is 73.7 Å². The van der Waals surface area contributed by atoms with Gasteiger partial charge in [-0.25, -0.2) is 0 Å². The third-order valence-corrected chi connectivity index (χ3v) is 6.23. The highest BCUT2D eigenvalue weighted by atomic mass is 16.5. The summed E-state index contributed by atoms with van der Waals surface area (Å²) in [5, 5.41) is 2.92. The zero-order valence-corrected chi connectivity index (χ0v) is 19.7. The molecule has 0 fully saturated rings. The molecular formula is C29H26N2O4. The van der Waals surface area contributed by atoms with Gasteiger partial charge in [0.15, 0.2) is 0 Å². The van der Waals surface area contributed by atoms with Crippen molar-refractivity contribution in [1.29, 1.82) is 0 Å². The SMILES string of the molecule is COc1ccc(C(=O)N2CCc3oc(-c4ccc(NC(=O)c5ccc(C)cc5)cc4)cc3C2)cc1. The molecule has 6 heteroatoms. The van der Waals surface area contributed by atoms with E-state index in [1.165, 1.54) is 0 Å². The van der Waals surface area contributed by atoms with Gasteiger partial charge >= 0.3 is 0 Å². The third kappa shape index (κ3) is 4.82. The zero-order chi connectivity index (χ0) is 24.4. The van der Waals surface area contributed by atoms with Crippen LogP contribution in [0.3, 0.4) is 0 Å². The molecule has 0 aliphatic carbocycles. The fourth-order valence-corrected chi connectivity index (χ4v) is 4.19. The molecule has 0 saturated carbocycles. The topological polar surface area (TPSA) is 71.8 Å². The summed E-state index contributed by atoms with van der Waals surface area (Å²) >= 11 is 0. The predicted molar refractivity (Wildman–Crippen MR) is 135 cm³/mol. The third-order valence-electron chi connectivity index (χ3n) is 6.23. The van der Waals surface area contributed by atoms with Crippen molar-refractivity contribution in [2.24, 2.45) is 0 Å². The summed E-state index contributed by atoms with van der Waals surface area (Å²) in [7, 11) is 1.61. The Balaban J connectivity index is 1.26. The van der Waals surface area contributed by atoms with E-state index in [2.05, 4.69) is 5.32 Å². The molecule has 4 aromatic rings. The Labute approximate surface area is 204 Å². The summed E-state index contributed by atoms with van der Waals surface area (Å²) in [6.45, 7) is 3.10. The van der Waals surface area contributed by atoms with Gasteiger partial charge in [0.2, 0.25) is 0 Å². The number of ether oxygens (including phenoxy) is 1. The highest BCUT2D eigenvalue weighted by Gasteiger charge is 2.25. The second kappa shape index (κ2) is 9.50. The molecule has 6 nitrogen and oxygen atoms in total. The Morgan fingerprint density at radius 2 is 1.60 bits per heavy atom. The molecule has 0 bridgehead atoms. The van der Waals surface area contributed by atoms with Crippen LogP contribution in [-0.4, -0.2) is 30.4 Å². The van der Waals surface area contributed by atoms with Gasteiger partial charge < -0.3 is 19.4 Å². The number of anilines is 1. The number of aryl methyl sites for hydroxylation is 1. The van der Waals surface area contributed by atoms with E-state index in [0.29, 0.717) is 36.3 Å². The van der Waals surface area contributed by atoms with Gasteiger partial charge in [-0.15, -0.1) is 0 Å². The van der Waals surface area contributed by atoms with Crippen LogP contribution in [0.15, 0.2) is 83.3 Å². The van der Waals surface area contributed by atoms with E-state index in [4.69, 9.17) is 9.15 Å². The minimum absolute atomic E-state index is 0.00489. The first-order chi connectivity index (χ1) is 17.0. The highest BCUT2D eigenvalue weighted by Crippen LogP contribution is 2.31. The Morgan fingerprint density at radius 1 is 0.914 bits per heavy atom. The quantitative estimate of drug-likeness (QED) is 0.409. The lowest BCUT2D eigenvalue weighted by atomic mass is 10.1. The fourth-order valence-electron chi connectivity index (χ4n) is 4.19. The average molecular weight is 467 g/mol. The van der Waals surface area contributed by atoms with Crippen molar-refractivity contribution < 1.29 is 18.7 Å². The van der Waals surface area contributed by atoms with Crippen LogP contribution in [0.5, 0.6) is 5.75 Å². The number of furan rings is 1. The van der Waals surface area contributed by atoms with Crippen molar-refractivity contribution >= 4 is 17.5 Å². The molecule has 0 unspecified atom stereocenters. The molecule has 35 heavy (non-hydrogen) atoms. The van der Waals surface area contributed by atoms with E-state index in [1.807, 2.05) is 66.4 Å². The van der Waals surface area contributed by atoms with Crippen molar-refractivity contribution in [1.82, 2.24) is 4.90 Å². The number of fused-ring (bicyclic) bond motifs is 1. The maximum absolute atomic E-state index is 13.0. The molecule has 0 spiro atoms. The van der Waals surface area contributed by atoms with Crippen molar-refractivity contribution in [3.05, 3.63) is 107 Å². The number of hydrogen-bond acceptors (Lipinski definition) is 4. The molecule has 1 aliphatic heterocycles. The van der Waals surface area contributed by atoms with Gasteiger partial charge in [0.05, 0.1) is 7.11 Å². The summed E-state index contributed by atoms with van der Waals surface area (Å²) in [5.74, 6) is 2.24. The normalized spacial score (nSPS) is 12.7. The van der Waals surface area contributed by atoms with Crippen LogP contribution >= 0.6 is 0 Å². The van der Waals surface area contributed by atoms with Gasteiger partial charge in [-0.2, -0.15) is 0 Å². The molecule has 176 valence electrons. The fraction of sp³-hybridized carbons (Fsp3) is 0.172. The lowest BCUT2D eigenvalue weighted by Crippen LogP contribution is -2.35. The minimum atomic E-state index is -0.146. The number of methoxy groups -OCH3 is 1. The number of nitrogens with one attached hydrogen (secondary N) is 1. The van der Waals surface area contributed by atoms with E-state index < -0.39 is 0 Å². The summed E-state index contributed by atoms with van der Waals surface area (Å²) in [4.78, 5) is 27.3. The van der Waals surface area contributed by atoms with E-state index in [1.54, 1.807) is 31.4 Å². The Kier molecular flexibility index (Phi) is 6.10. The smallest absolute Gasteiger partial charge is 0.255 e. The number of carbonyl (C=O) groups excluding carboxylic acids is 2. The first-order valence-corrected chi connectivity index (χ1v) is 11.5. The molecule has 0 atom stereocenters. The summed E-state index contributed by atoms with van der Waals surface area (Å²) < 4.78 is 11.3. The Morgan fingerprint density at radius 3 is 2.29 bits per heavy atom. The van der Waals surface area contributed by atoms with Crippen LogP contribution in [0.4, 0.5) is 5.69 Å². The van der Waals surface area contributed by atoms with Crippen molar-refractivity contribution in [3.8, 4) is 17.1 Å². The molecule has 1 N–H and O–H groups in total. The van der Waals surface area contributed by atoms with Crippen molar-refractivity contribution in [2.75, 3.05) is 19.0 Å². The van der Waals surface area contributed by atoms with Crippen LogP contribution in [0.25, 0.3) is 11.3 Å². The molecule has 0 saturated heterocycles. The predicted octanol–water partition coefficient (Wildman–Crippen LogP) is 5.71. The van der Waals surface area contributed by atoms with Gasteiger partial charge in [0.25, 0.3) is 11.8 Å². The van der Waals surface area contributed by atoms with Crippen LogP contribution in [0.1, 0.15) is 37.6 Å². The van der Waals surface area contributed by atoms with Crippen molar-refractivity contribution in [2.45, 2.75) is 19.9 Å². The molecule has 2 heterocycles. The summed E-state index contributed by atoms with van der Waals surface area (Å²) in [6.07, 6.45) is 0.669. The summed E-state index contributed by atoms with van der Waals surface area (Å²) in [5.41, 5.74) is 5.02. The number of hydrogen-bond donors (Lipinski definition) is 1. The maximum atomic E-state index is 13.0. The van der Waals surface area contributed by atoms with Crippen LogP contribution < -0.4 is 10.1 Å². The number of nitrogens with zero attached hydrogens (tertiary/aromatic N) is 1. The van der Waals surface area contributed by atoms with E-state index >= 15 is 0 Å². The van der Waals surface area contributed by atoms with Crippen molar-refractivity contribution in [3.63, 3.8) is 0 Å². The average Bonchev–Trinajstić information content (AvgIpc) is 3.32. The lowest BCUT2D eigenvalue weighted by Gasteiger charge is -2.26. The van der Waals surface area contributed by atoms with Gasteiger partial charge in [-0.1, -0.05) is 17.7 Å². The van der Waals surface area contributed by atoms with Gasteiger partial charge in [0.1, 0.15) is 17.3 Å². The van der Waals surface area contributed by atoms with E-state index in [0.717, 1.165) is 34.0 Å². The molecule has 5 rings (SSSR count). The largest absolute Gasteiger partial charge is 0.497 e. The second-order valence-corrected chi connectivity index (χ2v) is 8.66. The van der Waals surface area contributed by atoms with E-state index in [9.17, 15) is 9.59 Å². The first-order valence-electron chi connectivity index (χ1n) is 11.5. The number of benzene rings is 3. The standard InChI is InChI=1S/C29H26N2O4/c1-19-3-5-21(6-4-19)28(32)30-24-11-7-20(8-12-24)27-17-23-18-31(16-15-26(23)35-27)29(33)22-9-13-25(34-2)14-10-22/h3-14,17H,15-16,18H2,1-2H3,(H,30,32). The maximum Gasteiger partial charge on any atom is 0.255 e. The van der Waals surface area contributed by atoms with Crippen LogP contribution in [-0.2, 0) is 13.0 Å². The number of rotatable bonds is 5. The minimum Gasteiger partial charge on any atom is -0.497 e. The van der Waals surface area contributed by atoms with Gasteiger partial charge in [0, 0.05) is 47.5 Å². The highest BCUT2D eigenvalue weighted by molar-refractivity contribution is 6.04. The Hall–Kier alpha value is -4.32. The monoisotopic (exact) mass is 466 g/mol. The van der Waals surface area contributed by atoms with Gasteiger partial charge in [-0.3, -0.25) is 9.59 Å². The zero-order valence-electron chi connectivity index (χ0n) is 19.7. The van der Waals surface area contributed by atoms with E-state index in [-0.39, 0.29) is 11.8 Å². The van der Waals surface area contributed by atoms with Crippen LogP contribution in [0, 0.1) is 6.92 Å². The molecule has 0 radical (unpaired) electrons. The molecule has 3 aromatic carbocycles. The first kappa shape index (κ1) is 22.5. The molecule has 2 amide bonds. The molecule has 1 aliphatic rings. The second-order valence-electron chi connectivity index (χ2n) is 8.66. The lowest BCUT2D eigenvalue weighted by molar-refractivity contribution is 0.0730.